The van der Waals surface area contributed by atoms with Gasteiger partial charge in [0.15, 0.2) is 11.5 Å². The van der Waals surface area contributed by atoms with Crippen LogP contribution in [0.25, 0.3) is 0 Å². The number of thioether (sulfide) groups is 1. The first-order valence-electron chi connectivity index (χ1n) is 8.66. The van der Waals surface area contributed by atoms with Gasteiger partial charge in [-0.3, -0.25) is 9.59 Å². The maximum atomic E-state index is 13.5. The fraction of sp³-hybridized carbons (Fsp3) is 0.300. The van der Waals surface area contributed by atoms with Crippen LogP contribution in [0.4, 0.5) is 10.1 Å². The molecule has 0 aliphatic heterocycles. The first-order chi connectivity index (χ1) is 14.0. The van der Waals surface area contributed by atoms with Gasteiger partial charge in [0.25, 0.3) is 0 Å². The summed E-state index contributed by atoms with van der Waals surface area (Å²) >= 11 is 1.13. The minimum atomic E-state index is -0.507. The summed E-state index contributed by atoms with van der Waals surface area (Å²) in [6.45, 7) is 0.227. The largest absolute Gasteiger partial charge is 0.496 e. The van der Waals surface area contributed by atoms with Gasteiger partial charge in [-0.1, -0.05) is 12.1 Å². The van der Waals surface area contributed by atoms with Gasteiger partial charge in [-0.2, -0.15) is 0 Å². The maximum Gasteiger partial charge on any atom is 0.234 e. The van der Waals surface area contributed by atoms with Gasteiger partial charge in [0, 0.05) is 18.2 Å². The molecule has 29 heavy (non-hydrogen) atoms. The van der Waals surface area contributed by atoms with Crippen molar-refractivity contribution in [3.05, 3.63) is 47.8 Å². The molecule has 7 nitrogen and oxygen atoms in total. The maximum absolute atomic E-state index is 13.5. The summed E-state index contributed by atoms with van der Waals surface area (Å²) in [4.78, 5) is 23.9. The van der Waals surface area contributed by atoms with Crippen LogP contribution in [0, 0.1) is 5.82 Å². The summed E-state index contributed by atoms with van der Waals surface area (Å²) < 4.78 is 29.3. The number of ether oxygens (including phenoxy) is 3. The van der Waals surface area contributed by atoms with E-state index < -0.39 is 5.82 Å². The van der Waals surface area contributed by atoms with Crippen molar-refractivity contribution in [3.63, 3.8) is 0 Å². The summed E-state index contributed by atoms with van der Waals surface area (Å²) in [5.74, 6) is 0.585. The van der Waals surface area contributed by atoms with Crippen molar-refractivity contribution >= 4 is 29.3 Å². The summed E-state index contributed by atoms with van der Waals surface area (Å²) in [6, 6.07) is 9.31. The van der Waals surface area contributed by atoms with Gasteiger partial charge >= 0.3 is 0 Å². The van der Waals surface area contributed by atoms with E-state index >= 15 is 0 Å². The molecule has 0 saturated heterocycles. The Hall–Kier alpha value is -2.94. The van der Waals surface area contributed by atoms with Crippen molar-refractivity contribution < 1.29 is 28.2 Å². The topological polar surface area (TPSA) is 85.9 Å². The first kappa shape index (κ1) is 22.4. The number of benzene rings is 2. The molecule has 0 spiro atoms. The summed E-state index contributed by atoms with van der Waals surface area (Å²) in [7, 11) is 4.57. The smallest absolute Gasteiger partial charge is 0.234 e. The standard InChI is InChI=1S/C20H23FN2O5S/c1-26-16-9-18(28-3)17(27-2)8-13(16)10-22-19(24)11-29-12-20(25)23-15-7-5-4-6-14(15)21/h4-9H,10-12H2,1-3H3,(H,22,24)(H,23,25). The van der Waals surface area contributed by atoms with Gasteiger partial charge in [-0.15, -0.1) is 11.8 Å². The SMILES string of the molecule is COc1cc(OC)c(OC)cc1CNC(=O)CSCC(=O)Nc1ccccc1F. The molecule has 0 bridgehead atoms. The number of hydrogen-bond acceptors (Lipinski definition) is 6. The highest BCUT2D eigenvalue weighted by molar-refractivity contribution is 8.00. The molecular formula is C20H23FN2O5S. The van der Waals surface area contributed by atoms with E-state index in [0.29, 0.717) is 17.2 Å². The van der Waals surface area contributed by atoms with Crippen molar-refractivity contribution in [2.45, 2.75) is 6.54 Å². The van der Waals surface area contributed by atoms with Gasteiger partial charge in [-0.05, 0) is 18.2 Å². The number of methoxy groups -OCH3 is 3. The monoisotopic (exact) mass is 422 g/mol. The van der Waals surface area contributed by atoms with Crippen molar-refractivity contribution in [1.29, 1.82) is 0 Å². The number of carbonyl (C=O) groups excluding carboxylic acids is 2. The predicted molar refractivity (Wildman–Crippen MR) is 110 cm³/mol. The molecule has 0 aliphatic carbocycles. The van der Waals surface area contributed by atoms with E-state index in [1.807, 2.05) is 0 Å². The van der Waals surface area contributed by atoms with Crippen LogP contribution in [0.2, 0.25) is 0 Å². The number of hydrogen-bond donors (Lipinski definition) is 2. The second kappa shape index (κ2) is 11.2. The van der Waals surface area contributed by atoms with Gasteiger partial charge in [0.1, 0.15) is 11.6 Å². The lowest BCUT2D eigenvalue weighted by atomic mass is 10.1. The van der Waals surface area contributed by atoms with Crippen LogP contribution >= 0.6 is 11.8 Å². The number of amides is 2. The number of anilines is 1. The van der Waals surface area contributed by atoms with E-state index in [1.54, 1.807) is 18.2 Å². The summed E-state index contributed by atoms with van der Waals surface area (Å²) in [5, 5.41) is 5.24. The third-order valence-corrected chi connectivity index (χ3v) is 4.81. The van der Waals surface area contributed by atoms with Crippen molar-refractivity contribution in [2.75, 3.05) is 38.2 Å². The first-order valence-corrected chi connectivity index (χ1v) is 9.81. The quantitative estimate of drug-likeness (QED) is 0.612. The lowest BCUT2D eigenvalue weighted by molar-refractivity contribution is -0.118. The third kappa shape index (κ3) is 6.56. The highest BCUT2D eigenvalue weighted by atomic mass is 32.2. The molecule has 0 aromatic heterocycles. The van der Waals surface area contributed by atoms with Crippen molar-refractivity contribution in [3.8, 4) is 17.2 Å². The van der Waals surface area contributed by atoms with Crippen LogP contribution in [0.1, 0.15) is 5.56 Å². The minimum Gasteiger partial charge on any atom is -0.496 e. The van der Waals surface area contributed by atoms with E-state index in [-0.39, 0.29) is 35.6 Å². The van der Waals surface area contributed by atoms with Gasteiger partial charge in [0.05, 0.1) is 38.5 Å². The van der Waals surface area contributed by atoms with Crippen LogP contribution in [0.15, 0.2) is 36.4 Å². The molecule has 2 rings (SSSR count). The zero-order valence-electron chi connectivity index (χ0n) is 16.4. The van der Waals surface area contributed by atoms with E-state index in [9.17, 15) is 14.0 Å². The number of nitrogens with one attached hydrogen (secondary N) is 2. The molecule has 9 heteroatoms. The van der Waals surface area contributed by atoms with Crippen LogP contribution in [-0.2, 0) is 16.1 Å². The number of rotatable bonds is 10. The normalized spacial score (nSPS) is 10.2. The van der Waals surface area contributed by atoms with Gasteiger partial charge in [0.2, 0.25) is 11.8 Å². The molecule has 0 radical (unpaired) electrons. The Kier molecular flexibility index (Phi) is 8.60. The van der Waals surface area contributed by atoms with Crippen LogP contribution in [0.3, 0.4) is 0 Å². The van der Waals surface area contributed by atoms with Crippen molar-refractivity contribution in [2.24, 2.45) is 0 Å². The van der Waals surface area contributed by atoms with Crippen LogP contribution in [-0.4, -0.2) is 44.6 Å². The molecule has 0 aliphatic rings. The Bertz CT molecular complexity index is 863. The predicted octanol–water partition coefficient (Wildman–Crippen LogP) is 2.84. The van der Waals surface area contributed by atoms with Crippen LogP contribution in [0.5, 0.6) is 17.2 Å². The fourth-order valence-electron chi connectivity index (χ4n) is 2.46. The summed E-state index contributed by atoms with van der Waals surface area (Å²) in [6.07, 6.45) is 0. The lowest BCUT2D eigenvalue weighted by Gasteiger charge is -2.14. The zero-order chi connectivity index (χ0) is 21.2. The third-order valence-electron chi connectivity index (χ3n) is 3.88. The molecule has 2 amide bonds. The Morgan fingerprint density at radius 3 is 2.21 bits per heavy atom. The molecular weight excluding hydrogens is 399 g/mol. The molecule has 2 aromatic rings. The lowest BCUT2D eigenvalue weighted by Crippen LogP contribution is -2.26. The fourth-order valence-corrected chi connectivity index (χ4v) is 3.11. The van der Waals surface area contributed by atoms with Crippen LogP contribution < -0.4 is 24.8 Å². The van der Waals surface area contributed by atoms with E-state index in [1.165, 1.54) is 39.5 Å². The molecule has 2 N–H and O–H groups in total. The van der Waals surface area contributed by atoms with Gasteiger partial charge < -0.3 is 24.8 Å². The summed E-state index contributed by atoms with van der Waals surface area (Å²) in [5.41, 5.74) is 0.837. The highest BCUT2D eigenvalue weighted by Gasteiger charge is 2.13. The Balaban J connectivity index is 1.81. The zero-order valence-corrected chi connectivity index (χ0v) is 17.2. The number of halogens is 1. The second-order valence-electron chi connectivity index (χ2n) is 5.82. The van der Waals surface area contributed by atoms with Gasteiger partial charge in [-0.25, -0.2) is 4.39 Å². The Labute approximate surface area is 172 Å². The van der Waals surface area contributed by atoms with Crippen molar-refractivity contribution in [1.82, 2.24) is 5.32 Å². The molecule has 0 heterocycles. The highest BCUT2D eigenvalue weighted by Crippen LogP contribution is 2.34. The number of para-hydroxylation sites is 1. The molecule has 156 valence electrons. The Morgan fingerprint density at radius 2 is 1.55 bits per heavy atom. The van der Waals surface area contributed by atoms with E-state index in [0.717, 1.165) is 17.3 Å². The average Bonchev–Trinajstić information content (AvgIpc) is 2.73. The second-order valence-corrected chi connectivity index (χ2v) is 6.80. The minimum absolute atomic E-state index is 0.0292. The van der Waals surface area contributed by atoms with E-state index in [2.05, 4.69) is 10.6 Å². The molecule has 2 aromatic carbocycles. The molecule has 0 saturated carbocycles. The Morgan fingerprint density at radius 1 is 0.931 bits per heavy atom. The molecule has 0 atom stereocenters. The molecule has 0 fully saturated rings. The average molecular weight is 422 g/mol. The number of carbonyl (C=O) groups is 2. The van der Waals surface area contributed by atoms with E-state index in [4.69, 9.17) is 14.2 Å². The molecule has 0 unspecified atom stereocenters.